The van der Waals surface area contributed by atoms with Crippen LogP contribution in [0.25, 0.3) is 0 Å². The molecule has 0 unspecified atom stereocenters. The van der Waals surface area contributed by atoms with Crippen molar-refractivity contribution in [2.24, 2.45) is 10.9 Å². The van der Waals surface area contributed by atoms with Gasteiger partial charge in [-0.2, -0.15) is 0 Å². The number of ether oxygens (including phenoxy) is 3. The van der Waals surface area contributed by atoms with E-state index in [1.807, 2.05) is 0 Å². The average Bonchev–Trinajstić information content (AvgIpc) is 3.62. The van der Waals surface area contributed by atoms with Gasteiger partial charge in [-0.1, -0.05) is 5.16 Å². The van der Waals surface area contributed by atoms with Gasteiger partial charge >= 0.3 is 18.0 Å². The highest BCUT2D eigenvalue weighted by Gasteiger charge is 2.51. The van der Waals surface area contributed by atoms with Gasteiger partial charge in [0.05, 0.1) is 9.85 Å². The predicted octanol–water partition coefficient (Wildman–Crippen LogP) is 1.07. The number of aromatic nitrogens is 1. The number of oxime groups is 1. The largest absolute Gasteiger partial charge is 0.459 e. The number of nitro benzene ring substituents is 2. The normalized spacial score (nSPS) is 14.9. The quantitative estimate of drug-likeness (QED) is 0.0290. The molecule has 290 valence electrons. The Morgan fingerprint density at radius 2 is 1.47 bits per heavy atom. The summed E-state index contributed by atoms with van der Waals surface area (Å²) in [5.41, 5.74) is 4.79. The Kier molecular flexibility index (Phi) is 14.4. The Morgan fingerprint density at radius 3 is 2.00 bits per heavy atom. The van der Waals surface area contributed by atoms with Crippen LogP contribution in [-0.4, -0.2) is 99.1 Å². The summed E-state index contributed by atoms with van der Waals surface area (Å²) in [6, 6.07) is 7.66. The SMILES string of the molecule is NC(=O)OC[C@@H]1[C@H](NC(=O)/C(=N\OCC(=O)OCc2ccc([N+](=O)[O-])cc2)c2csc(NC(=O)CCl)n2)C(=O)N1OCC(=O)OCc1ccc([N+](=O)[O-])cc1. The Labute approximate surface area is 316 Å². The number of rotatable bonds is 19. The molecule has 2 aromatic carbocycles. The van der Waals surface area contributed by atoms with E-state index in [2.05, 4.69) is 20.8 Å². The number of hydroxylamine groups is 2. The summed E-state index contributed by atoms with van der Waals surface area (Å²) in [4.78, 5) is 109. The second-order valence-corrected chi connectivity index (χ2v) is 11.8. The molecule has 1 aliphatic heterocycles. The molecular weight excluding hydrogens is 780 g/mol. The maximum Gasteiger partial charge on any atom is 0.404 e. The molecule has 25 heteroatoms. The van der Waals surface area contributed by atoms with Crippen LogP contribution in [-0.2, 0) is 61.1 Å². The maximum atomic E-state index is 13.5. The van der Waals surface area contributed by atoms with Crippen LogP contribution in [0.3, 0.4) is 0 Å². The Hall–Kier alpha value is -6.79. The van der Waals surface area contributed by atoms with Crippen LogP contribution in [0.2, 0.25) is 0 Å². The zero-order valence-electron chi connectivity index (χ0n) is 27.8. The summed E-state index contributed by atoms with van der Waals surface area (Å²) in [5.74, 6) is -4.96. The number of thiazole rings is 1. The molecule has 1 aliphatic rings. The van der Waals surface area contributed by atoms with E-state index in [-0.39, 0.29) is 35.4 Å². The number of nitrogens with zero attached hydrogens (tertiary/aromatic N) is 5. The molecule has 1 saturated heterocycles. The Morgan fingerprint density at radius 1 is 0.909 bits per heavy atom. The van der Waals surface area contributed by atoms with Crippen LogP contribution < -0.4 is 16.4 Å². The first kappa shape index (κ1) is 41.0. The second-order valence-electron chi connectivity index (χ2n) is 10.7. The first-order valence-electron chi connectivity index (χ1n) is 15.2. The third kappa shape index (κ3) is 11.9. The van der Waals surface area contributed by atoms with Gasteiger partial charge in [0, 0.05) is 29.6 Å². The van der Waals surface area contributed by atoms with Crippen molar-refractivity contribution in [2.45, 2.75) is 25.3 Å². The van der Waals surface area contributed by atoms with E-state index in [9.17, 15) is 49.0 Å². The van der Waals surface area contributed by atoms with Crippen molar-refractivity contribution in [3.63, 3.8) is 0 Å². The lowest BCUT2D eigenvalue weighted by Crippen LogP contribution is -2.72. The summed E-state index contributed by atoms with van der Waals surface area (Å²) in [6.07, 6.45) is -1.24. The number of β-lactam (4-membered cyclic amide) rings is 1. The van der Waals surface area contributed by atoms with Gasteiger partial charge in [-0.3, -0.25) is 39.4 Å². The number of halogens is 1. The molecule has 0 aliphatic carbocycles. The van der Waals surface area contributed by atoms with E-state index < -0.39 is 89.1 Å². The van der Waals surface area contributed by atoms with Crippen molar-refractivity contribution in [3.05, 3.63) is 91.0 Å². The van der Waals surface area contributed by atoms with Crippen LogP contribution in [0, 0.1) is 20.2 Å². The van der Waals surface area contributed by atoms with Crippen LogP contribution in [0.5, 0.6) is 0 Å². The van der Waals surface area contributed by atoms with Gasteiger partial charge in [0.1, 0.15) is 43.5 Å². The number of hydrogen-bond acceptors (Lipinski definition) is 18. The molecular formula is C30H27ClN8O15S. The van der Waals surface area contributed by atoms with Crippen molar-refractivity contribution in [1.29, 1.82) is 0 Å². The van der Waals surface area contributed by atoms with Gasteiger partial charge < -0.3 is 35.4 Å². The fourth-order valence-corrected chi connectivity index (χ4v) is 5.06. The van der Waals surface area contributed by atoms with Gasteiger partial charge in [0.25, 0.3) is 23.2 Å². The van der Waals surface area contributed by atoms with E-state index in [4.69, 9.17) is 41.2 Å². The maximum absolute atomic E-state index is 13.5. The summed E-state index contributed by atoms with van der Waals surface area (Å²) in [5, 5.41) is 32.0. The number of anilines is 1. The van der Waals surface area contributed by atoms with E-state index >= 15 is 0 Å². The molecule has 0 bridgehead atoms. The number of amides is 4. The second kappa shape index (κ2) is 19.3. The zero-order valence-corrected chi connectivity index (χ0v) is 29.4. The minimum atomic E-state index is -1.46. The summed E-state index contributed by atoms with van der Waals surface area (Å²) in [6.45, 7) is -2.82. The highest BCUT2D eigenvalue weighted by molar-refractivity contribution is 7.14. The van der Waals surface area contributed by atoms with Crippen molar-refractivity contribution >= 4 is 80.9 Å². The number of nitrogens with one attached hydrogen (secondary N) is 2. The third-order valence-electron chi connectivity index (χ3n) is 6.94. The smallest absolute Gasteiger partial charge is 0.404 e. The molecule has 4 N–H and O–H groups in total. The minimum absolute atomic E-state index is 0.00356. The molecule has 0 saturated carbocycles. The Balaban J connectivity index is 1.40. The molecule has 2 heterocycles. The topological polar surface area (TPSA) is 313 Å². The molecule has 4 amide bonds. The molecule has 0 spiro atoms. The van der Waals surface area contributed by atoms with Crippen LogP contribution >= 0.6 is 22.9 Å². The fourth-order valence-electron chi connectivity index (χ4n) is 4.28. The number of esters is 2. The summed E-state index contributed by atoms with van der Waals surface area (Å²) >= 11 is 6.38. The van der Waals surface area contributed by atoms with Crippen LogP contribution in [0.4, 0.5) is 21.3 Å². The number of carbonyl (C=O) groups excluding carboxylic acids is 6. The number of benzene rings is 2. The number of nitrogens with two attached hydrogens (primary N) is 1. The first-order valence-corrected chi connectivity index (χ1v) is 16.7. The lowest BCUT2D eigenvalue weighted by molar-refractivity contribution is -0.385. The molecule has 0 radical (unpaired) electrons. The standard InChI is InChI=1S/C30H27ClN8O15S/c31-9-22(40)34-30-33-20(15-55-30)25(36-53-13-23(41)50-10-16-1-5-18(6-2-16)38(46)47)27(43)35-26-21(12-52-29(32)45)37(28(26)44)54-14-24(42)51-11-17-3-7-19(8-4-17)39(48)49/h1-8,15,21,26H,9-14H2,(H2,32,45)(H,35,43)(H,33,34,40)/b36-25-/t21-,26+/m1/s1. The lowest BCUT2D eigenvalue weighted by Gasteiger charge is -2.44. The monoisotopic (exact) mass is 806 g/mol. The van der Waals surface area contributed by atoms with E-state index in [0.717, 1.165) is 11.3 Å². The van der Waals surface area contributed by atoms with Crippen molar-refractivity contribution in [2.75, 3.05) is 31.0 Å². The lowest BCUT2D eigenvalue weighted by atomic mass is 9.98. The van der Waals surface area contributed by atoms with Crippen LogP contribution in [0.15, 0.2) is 59.1 Å². The molecule has 23 nitrogen and oxygen atoms in total. The number of hydrogen-bond donors (Lipinski definition) is 3. The van der Waals surface area contributed by atoms with Crippen molar-refractivity contribution in [1.82, 2.24) is 15.4 Å². The number of carbonyl (C=O) groups is 6. The molecule has 55 heavy (non-hydrogen) atoms. The fraction of sp³-hybridized carbons (Fsp3) is 0.267. The summed E-state index contributed by atoms with van der Waals surface area (Å²) in [7, 11) is 0. The van der Waals surface area contributed by atoms with Gasteiger partial charge in [0.2, 0.25) is 12.5 Å². The molecule has 1 aromatic heterocycles. The van der Waals surface area contributed by atoms with E-state index in [0.29, 0.717) is 16.2 Å². The number of nitro groups is 2. The highest BCUT2D eigenvalue weighted by atomic mass is 35.5. The minimum Gasteiger partial charge on any atom is -0.459 e. The molecule has 4 rings (SSSR count). The third-order valence-corrected chi connectivity index (χ3v) is 7.94. The predicted molar refractivity (Wildman–Crippen MR) is 184 cm³/mol. The van der Waals surface area contributed by atoms with E-state index in [1.165, 1.54) is 53.9 Å². The van der Waals surface area contributed by atoms with Gasteiger partial charge in [-0.25, -0.2) is 24.4 Å². The first-order chi connectivity index (χ1) is 26.2. The van der Waals surface area contributed by atoms with E-state index in [1.54, 1.807) is 0 Å². The van der Waals surface area contributed by atoms with Gasteiger partial charge in [0.15, 0.2) is 17.5 Å². The Bertz CT molecular complexity index is 1980. The number of non-ortho nitro benzene ring substituents is 2. The molecule has 3 aromatic rings. The summed E-state index contributed by atoms with van der Waals surface area (Å²) < 4.78 is 14.9. The highest BCUT2D eigenvalue weighted by Crippen LogP contribution is 2.23. The van der Waals surface area contributed by atoms with Gasteiger partial charge in [-0.05, 0) is 35.4 Å². The van der Waals surface area contributed by atoms with Gasteiger partial charge in [-0.15, -0.1) is 22.9 Å². The number of primary amides is 1. The molecule has 1 fully saturated rings. The average molecular weight is 807 g/mol. The van der Waals surface area contributed by atoms with Crippen molar-refractivity contribution < 1.29 is 62.5 Å². The van der Waals surface area contributed by atoms with Crippen molar-refractivity contribution in [3.8, 4) is 0 Å². The zero-order chi connectivity index (χ0) is 40.1. The van der Waals surface area contributed by atoms with Crippen LogP contribution in [0.1, 0.15) is 16.8 Å². The number of alkyl halides is 1. The molecule has 2 atom stereocenters.